The van der Waals surface area contributed by atoms with E-state index in [9.17, 15) is 14.0 Å². The van der Waals surface area contributed by atoms with Crippen LogP contribution in [0, 0.1) is 5.82 Å². The van der Waals surface area contributed by atoms with Gasteiger partial charge in [-0.2, -0.15) is 0 Å². The summed E-state index contributed by atoms with van der Waals surface area (Å²) in [5.41, 5.74) is 2.78. The molecule has 0 radical (unpaired) electrons. The zero-order valence-electron chi connectivity index (χ0n) is 20.1. The molecule has 5 nitrogen and oxygen atoms in total. The fourth-order valence-electron chi connectivity index (χ4n) is 3.72. The summed E-state index contributed by atoms with van der Waals surface area (Å²) in [7, 11) is 1.55. The number of rotatable bonds is 10. The van der Waals surface area contributed by atoms with Crippen LogP contribution in [-0.2, 0) is 22.6 Å². The van der Waals surface area contributed by atoms with Crippen LogP contribution in [0.4, 0.5) is 4.39 Å². The number of carbonyl (C=O) groups is 2. The summed E-state index contributed by atoms with van der Waals surface area (Å²) in [6.07, 6.45) is 0.334. The third-order valence-corrected chi connectivity index (χ3v) is 6.38. The first-order valence-electron chi connectivity index (χ1n) is 11.5. The third-order valence-electron chi connectivity index (χ3n) is 5.76. The molecule has 7 heteroatoms. The molecule has 35 heavy (non-hydrogen) atoms. The molecule has 0 aromatic heterocycles. The number of amides is 2. The molecule has 0 bridgehead atoms. The Morgan fingerprint density at radius 1 is 1.00 bits per heavy atom. The predicted molar refractivity (Wildman–Crippen MR) is 139 cm³/mol. The fourth-order valence-corrected chi connectivity index (χ4v) is 4.23. The largest absolute Gasteiger partial charge is 0.483 e. The smallest absolute Gasteiger partial charge is 0.261 e. The van der Waals surface area contributed by atoms with Gasteiger partial charge in [-0.05, 0) is 62.8 Å². The van der Waals surface area contributed by atoms with Gasteiger partial charge in [0.25, 0.3) is 5.91 Å². The monoisotopic (exact) mass is 540 g/mol. The topological polar surface area (TPSA) is 58.6 Å². The second-order valence-electron chi connectivity index (χ2n) is 8.60. The van der Waals surface area contributed by atoms with Gasteiger partial charge in [-0.25, -0.2) is 4.39 Å². The van der Waals surface area contributed by atoms with Crippen LogP contribution in [0.1, 0.15) is 36.5 Å². The Labute approximate surface area is 214 Å². The summed E-state index contributed by atoms with van der Waals surface area (Å²) in [4.78, 5) is 27.9. The molecule has 0 saturated heterocycles. The van der Waals surface area contributed by atoms with Crippen molar-refractivity contribution in [3.8, 4) is 5.75 Å². The summed E-state index contributed by atoms with van der Waals surface area (Å²) in [6, 6.07) is 20.4. The van der Waals surface area contributed by atoms with Crippen molar-refractivity contribution in [1.29, 1.82) is 0 Å². The van der Waals surface area contributed by atoms with Gasteiger partial charge in [0.15, 0.2) is 6.61 Å². The van der Waals surface area contributed by atoms with Crippen LogP contribution in [0.25, 0.3) is 0 Å². The fraction of sp³-hybridized carbons (Fsp3) is 0.286. The Balaban J connectivity index is 1.86. The van der Waals surface area contributed by atoms with E-state index in [1.807, 2.05) is 48.5 Å². The lowest BCUT2D eigenvalue weighted by Crippen LogP contribution is -2.51. The summed E-state index contributed by atoms with van der Waals surface area (Å²) >= 11 is 3.52. The van der Waals surface area contributed by atoms with Crippen LogP contribution in [0.15, 0.2) is 77.3 Å². The number of benzene rings is 3. The molecule has 0 aliphatic heterocycles. The maximum Gasteiger partial charge on any atom is 0.261 e. The van der Waals surface area contributed by atoms with Gasteiger partial charge in [-0.1, -0.05) is 62.4 Å². The third kappa shape index (κ3) is 7.39. The molecule has 0 fully saturated rings. The molecule has 2 amide bonds. The highest BCUT2D eigenvalue weighted by atomic mass is 79.9. The van der Waals surface area contributed by atoms with Crippen LogP contribution >= 0.6 is 15.9 Å². The second-order valence-corrected chi connectivity index (χ2v) is 9.46. The molecule has 3 aromatic rings. The normalized spacial score (nSPS) is 11.7. The van der Waals surface area contributed by atoms with Crippen LogP contribution in [0.2, 0.25) is 0 Å². The minimum atomic E-state index is -0.768. The first kappa shape index (κ1) is 26.4. The molecule has 0 saturated carbocycles. The average molecular weight is 541 g/mol. The number of nitrogens with zero attached hydrogens (tertiary/aromatic N) is 1. The summed E-state index contributed by atoms with van der Waals surface area (Å²) < 4.78 is 20.1. The van der Waals surface area contributed by atoms with Crippen molar-refractivity contribution in [3.05, 3.63) is 99.8 Å². The maximum absolute atomic E-state index is 13.5. The van der Waals surface area contributed by atoms with Crippen molar-refractivity contribution in [2.75, 3.05) is 13.7 Å². The Kier molecular flexibility index (Phi) is 9.43. The number of hydrogen-bond acceptors (Lipinski definition) is 3. The lowest BCUT2D eigenvalue weighted by molar-refractivity contribution is -0.142. The lowest BCUT2D eigenvalue weighted by atomic mass is 10.0. The van der Waals surface area contributed by atoms with Gasteiger partial charge in [0, 0.05) is 20.0 Å². The molecule has 0 aliphatic carbocycles. The van der Waals surface area contributed by atoms with Crippen LogP contribution in [0.5, 0.6) is 5.75 Å². The molecule has 1 N–H and O–H groups in total. The standard InChI is InChI=1S/C28H30BrFN2O3/c1-19(2)22-11-14-26(24(29)16-22)35-18-27(33)32(17-21-9-12-23(30)13-10-21)25(28(34)31-3)15-20-7-5-4-6-8-20/h4-14,16,19,25H,15,17-18H2,1-3H3,(H,31,34)/t25-/m1/s1. The van der Waals surface area contributed by atoms with E-state index in [2.05, 4.69) is 35.1 Å². The van der Waals surface area contributed by atoms with Gasteiger partial charge in [0.05, 0.1) is 4.47 Å². The molecule has 1 atom stereocenters. The van der Waals surface area contributed by atoms with E-state index in [0.29, 0.717) is 23.7 Å². The maximum atomic E-state index is 13.5. The van der Waals surface area contributed by atoms with E-state index in [0.717, 1.165) is 15.6 Å². The van der Waals surface area contributed by atoms with Crippen molar-refractivity contribution < 1.29 is 18.7 Å². The Bertz CT molecular complexity index is 1140. The van der Waals surface area contributed by atoms with E-state index < -0.39 is 6.04 Å². The second kappa shape index (κ2) is 12.5. The predicted octanol–water partition coefficient (Wildman–Crippen LogP) is 5.48. The first-order valence-corrected chi connectivity index (χ1v) is 12.3. The summed E-state index contributed by atoms with van der Waals surface area (Å²) in [6.45, 7) is 4.10. The highest BCUT2D eigenvalue weighted by Gasteiger charge is 2.30. The van der Waals surface area contributed by atoms with Gasteiger partial charge >= 0.3 is 0 Å². The van der Waals surface area contributed by atoms with Crippen LogP contribution < -0.4 is 10.1 Å². The molecular weight excluding hydrogens is 511 g/mol. The SMILES string of the molecule is CNC(=O)[C@@H](Cc1ccccc1)N(Cc1ccc(F)cc1)C(=O)COc1ccc(C(C)C)cc1Br. The Hall–Kier alpha value is -3.19. The number of ether oxygens (including phenoxy) is 1. The molecule has 3 aromatic carbocycles. The van der Waals surface area contributed by atoms with Crippen molar-refractivity contribution in [1.82, 2.24) is 10.2 Å². The van der Waals surface area contributed by atoms with Gasteiger partial charge < -0.3 is 15.0 Å². The Morgan fingerprint density at radius 2 is 1.69 bits per heavy atom. The van der Waals surface area contributed by atoms with E-state index in [4.69, 9.17) is 4.74 Å². The summed E-state index contributed by atoms with van der Waals surface area (Å²) in [5, 5.41) is 2.67. The molecule has 0 heterocycles. The molecule has 0 spiro atoms. The number of hydrogen-bond donors (Lipinski definition) is 1. The number of likely N-dealkylation sites (N-methyl/N-ethyl adjacent to an activating group) is 1. The first-order chi connectivity index (χ1) is 16.8. The highest BCUT2D eigenvalue weighted by molar-refractivity contribution is 9.10. The van der Waals surface area contributed by atoms with Crippen LogP contribution in [0.3, 0.4) is 0 Å². The van der Waals surface area contributed by atoms with Crippen molar-refractivity contribution in [3.63, 3.8) is 0 Å². The number of carbonyl (C=O) groups excluding carboxylic acids is 2. The average Bonchev–Trinajstić information content (AvgIpc) is 2.86. The summed E-state index contributed by atoms with van der Waals surface area (Å²) in [5.74, 6) is -0.0919. The Morgan fingerprint density at radius 3 is 2.29 bits per heavy atom. The van der Waals surface area contributed by atoms with E-state index in [1.54, 1.807) is 19.2 Å². The van der Waals surface area contributed by atoms with E-state index in [-0.39, 0.29) is 30.8 Å². The van der Waals surface area contributed by atoms with E-state index >= 15 is 0 Å². The van der Waals surface area contributed by atoms with Gasteiger partial charge in [0.1, 0.15) is 17.6 Å². The molecular formula is C28H30BrFN2O3. The highest BCUT2D eigenvalue weighted by Crippen LogP contribution is 2.29. The van der Waals surface area contributed by atoms with Gasteiger partial charge in [0.2, 0.25) is 5.91 Å². The lowest BCUT2D eigenvalue weighted by Gasteiger charge is -2.31. The minimum absolute atomic E-state index is 0.140. The number of nitrogens with one attached hydrogen (secondary N) is 1. The molecule has 3 rings (SSSR count). The van der Waals surface area contributed by atoms with Crippen molar-refractivity contribution in [2.24, 2.45) is 0 Å². The zero-order chi connectivity index (χ0) is 25.4. The van der Waals surface area contributed by atoms with Crippen LogP contribution in [-0.4, -0.2) is 36.4 Å². The molecule has 0 unspecified atom stereocenters. The van der Waals surface area contributed by atoms with Gasteiger partial charge in [-0.3, -0.25) is 9.59 Å². The molecule has 0 aliphatic rings. The zero-order valence-corrected chi connectivity index (χ0v) is 21.7. The quantitative estimate of drug-likeness (QED) is 0.370. The minimum Gasteiger partial charge on any atom is -0.483 e. The van der Waals surface area contributed by atoms with Crippen molar-refractivity contribution in [2.45, 2.75) is 38.8 Å². The molecule has 184 valence electrons. The number of halogens is 2. The van der Waals surface area contributed by atoms with E-state index in [1.165, 1.54) is 17.0 Å². The van der Waals surface area contributed by atoms with Gasteiger partial charge in [-0.15, -0.1) is 0 Å². The van der Waals surface area contributed by atoms with Crippen molar-refractivity contribution >= 4 is 27.7 Å².